The maximum absolute atomic E-state index is 13.2. The van der Waals surface area contributed by atoms with Gasteiger partial charge in [0, 0.05) is 32.1 Å². The van der Waals surface area contributed by atoms with E-state index in [9.17, 15) is 22.0 Å². The second-order valence-corrected chi connectivity index (χ2v) is 7.52. The fraction of sp³-hybridized carbons (Fsp3) is 0.500. The van der Waals surface area contributed by atoms with Crippen LogP contribution in [-0.2, 0) is 14.8 Å². The molecule has 0 aromatic heterocycles. The highest BCUT2D eigenvalue weighted by molar-refractivity contribution is 7.89. The zero-order valence-corrected chi connectivity index (χ0v) is 12.7. The summed E-state index contributed by atoms with van der Waals surface area (Å²) in [6, 6.07) is 2.54. The molecule has 0 N–H and O–H groups in total. The number of rotatable bonds is 3. The topological polar surface area (TPSA) is 57.7 Å². The van der Waals surface area contributed by atoms with Gasteiger partial charge in [0.15, 0.2) is 11.6 Å². The summed E-state index contributed by atoms with van der Waals surface area (Å²) >= 11 is 0. The predicted molar refractivity (Wildman–Crippen MR) is 74.4 cm³/mol. The van der Waals surface area contributed by atoms with Crippen molar-refractivity contribution in [1.82, 2.24) is 9.21 Å². The van der Waals surface area contributed by atoms with Gasteiger partial charge in [-0.05, 0) is 31.0 Å². The van der Waals surface area contributed by atoms with Gasteiger partial charge in [-0.25, -0.2) is 17.2 Å². The van der Waals surface area contributed by atoms with Gasteiger partial charge in [0.1, 0.15) is 0 Å². The van der Waals surface area contributed by atoms with Crippen LogP contribution in [0.1, 0.15) is 12.8 Å². The van der Waals surface area contributed by atoms with Gasteiger partial charge in [0.25, 0.3) is 0 Å². The molecule has 3 rings (SSSR count). The van der Waals surface area contributed by atoms with Gasteiger partial charge in [-0.15, -0.1) is 0 Å². The van der Waals surface area contributed by atoms with Crippen molar-refractivity contribution in [3.8, 4) is 0 Å². The van der Waals surface area contributed by atoms with E-state index in [0.717, 1.165) is 25.0 Å². The Hall–Kier alpha value is -1.54. The summed E-state index contributed by atoms with van der Waals surface area (Å²) in [5.74, 6) is -2.08. The Balaban J connectivity index is 1.71. The summed E-state index contributed by atoms with van der Waals surface area (Å²) in [4.78, 5) is 13.3. The van der Waals surface area contributed by atoms with Crippen LogP contribution >= 0.6 is 0 Å². The molecule has 1 aliphatic heterocycles. The van der Waals surface area contributed by atoms with Gasteiger partial charge in [0.05, 0.1) is 4.90 Å². The minimum atomic E-state index is -3.87. The van der Waals surface area contributed by atoms with Crippen molar-refractivity contribution in [2.45, 2.75) is 17.7 Å². The molecular formula is C14H16F2N2O3S. The number of carbonyl (C=O) groups is 1. The first-order valence-electron chi connectivity index (χ1n) is 7.13. The monoisotopic (exact) mass is 330 g/mol. The lowest BCUT2D eigenvalue weighted by Crippen LogP contribution is -2.50. The van der Waals surface area contributed by atoms with Crippen molar-refractivity contribution in [3.05, 3.63) is 29.8 Å². The van der Waals surface area contributed by atoms with Crippen molar-refractivity contribution in [1.29, 1.82) is 0 Å². The molecule has 2 aliphatic rings. The molecule has 1 saturated carbocycles. The van der Waals surface area contributed by atoms with Crippen molar-refractivity contribution in [3.63, 3.8) is 0 Å². The molecule has 5 nitrogen and oxygen atoms in total. The molecule has 0 unspecified atom stereocenters. The molecule has 1 saturated heterocycles. The average molecular weight is 330 g/mol. The fourth-order valence-electron chi connectivity index (χ4n) is 2.52. The van der Waals surface area contributed by atoms with E-state index in [4.69, 9.17) is 0 Å². The van der Waals surface area contributed by atoms with Crippen molar-refractivity contribution < 1.29 is 22.0 Å². The first-order valence-corrected chi connectivity index (χ1v) is 8.57. The molecule has 1 aromatic carbocycles. The molecule has 0 atom stereocenters. The maximum atomic E-state index is 13.2. The second-order valence-electron chi connectivity index (χ2n) is 5.58. The normalized spacial score (nSPS) is 20.2. The summed E-state index contributed by atoms with van der Waals surface area (Å²) in [6.07, 6.45) is 1.82. The van der Waals surface area contributed by atoms with Gasteiger partial charge < -0.3 is 4.90 Å². The lowest BCUT2D eigenvalue weighted by Gasteiger charge is -2.34. The second kappa shape index (κ2) is 5.58. The Kier molecular flexibility index (Phi) is 3.90. The van der Waals surface area contributed by atoms with E-state index in [-0.39, 0.29) is 29.8 Å². The van der Waals surface area contributed by atoms with Gasteiger partial charge in [-0.2, -0.15) is 4.31 Å². The minimum Gasteiger partial charge on any atom is -0.340 e. The molecule has 1 amide bonds. The first kappa shape index (κ1) is 15.4. The molecule has 2 fully saturated rings. The zero-order chi connectivity index (χ0) is 15.9. The van der Waals surface area contributed by atoms with Crippen LogP contribution in [0.25, 0.3) is 0 Å². The van der Waals surface area contributed by atoms with Crippen LogP contribution in [-0.4, -0.2) is 49.7 Å². The van der Waals surface area contributed by atoms with E-state index in [1.54, 1.807) is 4.90 Å². The third-order valence-corrected chi connectivity index (χ3v) is 5.90. The Morgan fingerprint density at radius 3 is 2.23 bits per heavy atom. The molecule has 22 heavy (non-hydrogen) atoms. The van der Waals surface area contributed by atoms with Gasteiger partial charge in [-0.1, -0.05) is 0 Å². The van der Waals surface area contributed by atoms with Crippen molar-refractivity contribution in [2.24, 2.45) is 5.92 Å². The third-order valence-electron chi connectivity index (χ3n) is 4.01. The summed E-state index contributed by atoms with van der Waals surface area (Å²) in [5.41, 5.74) is 0. The van der Waals surface area contributed by atoms with Crippen LogP contribution in [0.5, 0.6) is 0 Å². The fourth-order valence-corrected chi connectivity index (χ4v) is 3.96. The zero-order valence-electron chi connectivity index (χ0n) is 11.8. The van der Waals surface area contributed by atoms with Crippen LogP contribution in [0.4, 0.5) is 8.78 Å². The van der Waals surface area contributed by atoms with E-state index >= 15 is 0 Å². The Morgan fingerprint density at radius 1 is 1.05 bits per heavy atom. The van der Waals surface area contributed by atoms with Crippen molar-refractivity contribution >= 4 is 15.9 Å². The lowest BCUT2D eigenvalue weighted by molar-refractivity contribution is -0.133. The number of halogens is 2. The van der Waals surface area contributed by atoms with E-state index in [1.807, 2.05) is 0 Å². The van der Waals surface area contributed by atoms with Crippen LogP contribution in [0, 0.1) is 17.6 Å². The lowest BCUT2D eigenvalue weighted by atomic mass is 10.3. The number of nitrogens with zero attached hydrogens (tertiary/aromatic N) is 2. The third kappa shape index (κ3) is 2.85. The smallest absolute Gasteiger partial charge is 0.243 e. The number of benzene rings is 1. The highest BCUT2D eigenvalue weighted by Crippen LogP contribution is 2.31. The molecule has 1 heterocycles. The van der Waals surface area contributed by atoms with Gasteiger partial charge >= 0.3 is 0 Å². The summed E-state index contributed by atoms with van der Waals surface area (Å²) in [5, 5.41) is 0. The minimum absolute atomic E-state index is 0.0878. The summed E-state index contributed by atoms with van der Waals surface area (Å²) in [7, 11) is -3.87. The Labute approximate surface area is 127 Å². The molecule has 120 valence electrons. The standard InChI is InChI=1S/C14H16F2N2O3S/c15-12-4-3-11(9-13(12)16)22(20,21)18-7-5-17(6-8-18)14(19)10-1-2-10/h3-4,9-10H,1-2,5-8H2. The molecule has 0 bridgehead atoms. The van der Waals surface area contributed by atoms with Crippen molar-refractivity contribution in [2.75, 3.05) is 26.2 Å². The SMILES string of the molecule is O=C(C1CC1)N1CCN(S(=O)(=O)c2ccc(F)c(F)c2)CC1. The number of hydrogen-bond donors (Lipinski definition) is 0. The molecule has 1 aromatic rings. The highest BCUT2D eigenvalue weighted by atomic mass is 32.2. The predicted octanol–water partition coefficient (Wildman–Crippen LogP) is 1.21. The number of hydrogen-bond acceptors (Lipinski definition) is 3. The first-order chi connectivity index (χ1) is 10.4. The van der Waals surface area contributed by atoms with Gasteiger partial charge in [0.2, 0.25) is 15.9 Å². The molecule has 8 heteroatoms. The van der Waals surface area contributed by atoms with Crippen LogP contribution < -0.4 is 0 Å². The Morgan fingerprint density at radius 2 is 1.68 bits per heavy atom. The number of carbonyl (C=O) groups excluding carboxylic acids is 1. The van der Waals surface area contributed by atoms with Crippen LogP contribution in [0.2, 0.25) is 0 Å². The summed E-state index contributed by atoms with van der Waals surface area (Å²) < 4.78 is 52.2. The number of sulfonamides is 1. The number of piperazine rings is 1. The average Bonchev–Trinajstić information content (AvgIpc) is 3.34. The molecule has 0 spiro atoms. The molecule has 1 aliphatic carbocycles. The van der Waals surface area contributed by atoms with E-state index in [0.29, 0.717) is 19.2 Å². The maximum Gasteiger partial charge on any atom is 0.243 e. The van der Waals surface area contributed by atoms with E-state index in [1.165, 1.54) is 4.31 Å². The van der Waals surface area contributed by atoms with Crippen LogP contribution in [0.3, 0.4) is 0 Å². The largest absolute Gasteiger partial charge is 0.340 e. The molecular weight excluding hydrogens is 314 g/mol. The highest BCUT2D eigenvalue weighted by Gasteiger charge is 2.36. The molecule has 0 radical (unpaired) electrons. The van der Waals surface area contributed by atoms with E-state index in [2.05, 4.69) is 0 Å². The van der Waals surface area contributed by atoms with E-state index < -0.39 is 21.7 Å². The van der Waals surface area contributed by atoms with Gasteiger partial charge in [-0.3, -0.25) is 4.79 Å². The van der Waals surface area contributed by atoms with Crippen LogP contribution in [0.15, 0.2) is 23.1 Å². The summed E-state index contributed by atoms with van der Waals surface area (Å²) in [6.45, 7) is 0.996. The Bertz CT molecular complexity index is 696. The quantitative estimate of drug-likeness (QED) is 0.837. The number of amides is 1.